The fraction of sp³-hybridized carbons (Fsp3) is 0.769. The molecule has 0 radical (unpaired) electrons. The molecule has 0 aromatic carbocycles. The van der Waals surface area contributed by atoms with Crippen molar-refractivity contribution in [2.45, 2.75) is 39.2 Å². The lowest BCUT2D eigenvalue weighted by Crippen LogP contribution is -2.49. The molecule has 2 amide bonds. The molecule has 0 spiro atoms. The highest BCUT2D eigenvalue weighted by atomic mass is 16.4. The zero-order chi connectivity index (χ0) is 14.6. The minimum Gasteiger partial charge on any atom is -0.480 e. The Morgan fingerprint density at radius 3 is 2.63 bits per heavy atom. The molecule has 0 bridgehead atoms. The van der Waals surface area contributed by atoms with Gasteiger partial charge in [0.1, 0.15) is 6.04 Å². The van der Waals surface area contributed by atoms with Crippen LogP contribution in [0.25, 0.3) is 0 Å². The van der Waals surface area contributed by atoms with Crippen molar-refractivity contribution < 1.29 is 19.5 Å². The molecule has 3 atom stereocenters. The van der Waals surface area contributed by atoms with E-state index in [-0.39, 0.29) is 24.2 Å². The molecule has 1 unspecified atom stereocenters. The van der Waals surface area contributed by atoms with E-state index in [0.717, 1.165) is 0 Å². The number of carbonyl (C=O) groups is 3. The summed E-state index contributed by atoms with van der Waals surface area (Å²) >= 11 is 0. The van der Waals surface area contributed by atoms with E-state index in [1.165, 1.54) is 0 Å². The minimum absolute atomic E-state index is 0.0678. The van der Waals surface area contributed by atoms with Gasteiger partial charge in [-0.05, 0) is 12.3 Å². The Bertz CT molecular complexity index is 370. The maximum Gasteiger partial charge on any atom is 0.326 e. The molecule has 1 aliphatic rings. The number of rotatable bonds is 5. The number of hydrogen-bond donors (Lipinski definition) is 2. The first-order valence-corrected chi connectivity index (χ1v) is 6.64. The summed E-state index contributed by atoms with van der Waals surface area (Å²) in [5.41, 5.74) is 0. The fourth-order valence-corrected chi connectivity index (χ4v) is 2.12. The largest absolute Gasteiger partial charge is 0.480 e. The van der Waals surface area contributed by atoms with Gasteiger partial charge in [-0.3, -0.25) is 9.59 Å². The van der Waals surface area contributed by atoms with Crippen LogP contribution < -0.4 is 5.32 Å². The second-order valence-corrected chi connectivity index (χ2v) is 5.22. The highest BCUT2D eigenvalue weighted by Gasteiger charge is 2.32. The zero-order valence-corrected chi connectivity index (χ0v) is 11.7. The third-order valence-electron chi connectivity index (χ3n) is 3.81. The van der Waals surface area contributed by atoms with Crippen LogP contribution in [0.3, 0.4) is 0 Å². The quantitative estimate of drug-likeness (QED) is 0.760. The third kappa shape index (κ3) is 3.94. The van der Waals surface area contributed by atoms with Crippen molar-refractivity contribution in [1.82, 2.24) is 10.2 Å². The Labute approximate surface area is 113 Å². The van der Waals surface area contributed by atoms with Gasteiger partial charge in [-0.2, -0.15) is 0 Å². The number of carbonyl (C=O) groups excluding carboxylic acids is 2. The van der Waals surface area contributed by atoms with Crippen LogP contribution in [0.2, 0.25) is 0 Å². The van der Waals surface area contributed by atoms with E-state index in [1.54, 1.807) is 18.9 Å². The van der Waals surface area contributed by atoms with Crippen LogP contribution in [-0.2, 0) is 14.4 Å². The molecule has 1 aliphatic heterocycles. The summed E-state index contributed by atoms with van der Waals surface area (Å²) < 4.78 is 0. The first kappa shape index (κ1) is 15.5. The van der Waals surface area contributed by atoms with E-state index >= 15 is 0 Å². The number of carboxylic acids is 1. The summed E-state index contributed by atoms with van der Waals surface area (Å²) in [7, 11) is 1.70. The van der Waals surface area contributed by atoms with Gasteiger partial charge in [0, 0.05) is 25.9 Å². The number of hydrogen-bond acceptors (Lipinski definition) is 3. The van der Waals surface area contributed by atoms with Crippen LogP contribution in [0.5, 0.6) is 0 Å². The molecule has 108 valence electrons. The Morgan fingerprint density at radius 1 is 1.53 bits per heavy atom. The Morgan fingerprint density at radius 2 is 2.16 bits per heavy atom. The zero-order valence-electron chi connectivity index (χ0n) is 11.7. The number of amides is 2. The van der Waals surface area contributed by atoms with Gasteiger partial charge >= 0.3 is 5.97 Å². The number of nitrogens with one attached hydrogen (secondary N) is 1. The van der Waals surface area contributed by atoms with E-state index in [2.05, 4.69) is 5.32 Å². The predicted molar refractivity (Wildman–Crippen MR) is 69.4 cm³/mol. The molecule has 1 saturated heterocycles. The van der Waals surface area contributed by atoms with Gasteiger partial charge in [0.05, 0.1) is 0 Å². The first-order valence-electron chi connectivity index (χ1n) is 6.64. The van der Waals surface area contributed by atoms with Crippen LogP contribution in [0.15, 0.2) is 0 Å². The molecule has 19 heavy (non-hydrogen) atoms. The Hall–Kier alpha value is -1.59. The van der Waals surface area contributed by atoms with Crippen molar-refractivity contribution >= 4 is 17.8 Å². The molecule has 6 nitrogen and oxygen atoms in total. The monoisotopic (exact) mass is 270 g/mol. The van der Waals surface area contributed by atoms with Crippen LogP contribution in [-0.4, -0.2) is 47.4 Å². The second-order valence-electron chi connectivity index (χ2n) is 5.22. The Kier molecular flexibility index (Phi) is 5.32. The van der Waals surface area contributed by atoms with Crippen molar-refractivity contribution in [3.8, 4) is 0 Å². The van der Waals surface area contributed by atoms with Crippen molar-refractivity contribution in [3.63, 3.8) is 0 Å². The van der Waals surface area contributed by atoms with Crippen molar-refractivity contribution in [1.29, 1.82) is 0 Å². The van der Waals surface area contributed by atoms with Crippen molar-refractivity contribution in [2.24, 2.45) is 11.8 Å². The van der Waals surface area contributed by atoms with Crippen LogP contribution in [0, 0.1) is 11.8 Å². The highest BCUT2D eigenvalue weighted by molar-refractivity contribution is 5.89. The molecule has 0 aromatic rings. The van der Waals surface area contributed by atoms with Crippen molar-refractivity contribution in [2.75, 3.05) is 13.6 Å². The van der Waals surface area contributed by atoms with Gasteiger partial charge in [-0.15, -0.1) is 0 Å². The summed E-state index contributed by atoms with van der Waals surface area (Å²) in [6.45, 7) is 4.21. The van der Waals surface area contributed by atoms with E-state index in [0.29, 0.717) is 19.4 Å². The summed E-state index contributed by atoms with van der Waals surface area (Å²) in [5.74, 6) is -1.96. The lowest BCUT2D eigenvalue weighted by Gasteiger charge is -2.29. The summed E-state index contributed by atoms with van der Waals surface area (Å²) in [6, 6.07) is -0.882. The Balaban J connectivity index is 2.62. The number of piperidine rings is 1. The van der Waals surface area contributed by atoms with E-state index in [4.69, 9.17) is 5.11 Å². The standard InChI is InChI=1S/C13H22N2O4/c1-4-8(2)11(13(18)19)14-12(17)9-5-6-15(3)10(16)7-9/h8-9,11H,4-7H2,1-3H3,(H,14,17)(H,18,19)/t8-,9?,11-/m0/s1. The predicted octanol–water partition coefficient (Wildman–Crippen LogP) is 0.470. The molecule has 2 N–H and O–H groups in total. The third-order valence-corrected chi connectivity index (χ3v) is 3.81. The number of carboxylic acid groups (broad SMARTS) is 1. The number of aliphatic carboxylic acids is 1. The summed E-state index contributed by atoms with van der Waals surface area (Å²) in [5, 5.41) is 11.7. The van der Waals surface area contributed by atoms with Crippen LogP contribution in [0.4, 0.5) is 0 Å². The van der Waals surface area contributed by atoms with Gasteiger partial charge in [0.2, 0.25) is 11.8 Å². The summed E-state index contributed by atoms with van der Waals surface area (Å²) in [6.07, 6.45) is 1.42. The topological polar surface area (TPSA) is 86.7 Å². The average Bonchev–Trinajstić information content (AvgIpc) is 2.37. The lowest BCUT2D eigenvalue weighted by molar-refractivity contribution is -0.145. The van der Waals surface area contributed by atoms with E-state index < -0.39 is 17.9 Å². The second kappa shape index (κ2) is 6.54. The average molecular weight is 270 g/mol. The molecule has 1 rings (SSSR count). The van der Waals surface area contributed by atoms with Gasteiger partial charge in [-0.25, -0.2) is 4.79 Å². The van der Waals surface area contributed by atoms with Gasteiger partial charge in [-0.1, -0.05) is 20.3 Å². The molecule has 1 fully saturated rings. The molecule has 0 saturated carbocycles. The molecule has 6 heteroatoms. The minimum atomic E-state index is -1.03. The molecular formula is C13H22N2O4. The molecular weight excluding hydrogens is 248 g/mol. The number of nitrogens with zero attached hydrogens (tertiary/aromatic N) is 1. The summed E-state index contributed by atoms with van der Waals surface area (Å²) in [4.78, 5) is 36.3. The first-order chi connectivity index (χ1) is 8.86. The van der Waals surface area contributed by atoms with Crippen LogP contribution >= 0.6 is 0 Å². The van der Waals surface area contributed by atoms with Crippen molar-refractivity contribution in [3.05, 3.63) is 0 Å². The van der Waals surface area contributed by atoms with Gasteiger partial charge in [0.25, 0.3) is 0 Å². The van der Waals surface area contributed by atoms with Gasteiger partial charge < -0.3 is 15.3 Å². The fourth-order valence-electron chi connectivity index (χ4n) is 2.12. The highest BCUT2D eigenvalue weighted by Crippen LogP contribution is 2.18. The molecule has 0 aromatic heterocycles. The SMILES string of the molecule is CC[C@H](C)[C@H](NC(=O)C1CCN(C)C(=O)C1)C(=O)O. The van der Waals surface area contributed by atoms with Gasteiger partial charge in [0.15, 0.2) is 0 Å². The maximum atomic E-state index is 12.0. The molecule has 1 heterocycles. The molecule has 0 aliphatic carbocycles. The smallest absolute Gasteiger partial charge is 0.326 e. The van der Waals surface area contributed by atoms with E-state index in [9.17, 15) is 14.4 Å². The lowest BCUT2D eigenvalue weighted by atomic mass is 9.93. The number of likely N-dealkylation sites (tertiary alicyclic amines) is 1. The maximum absolute atomic E-state index is 12.0. The van der Waals surface area contributed by atoms with E-state index in [1.807, 2.05) is 6.92 Å². The normalized spacial score (nSPS) is 22.8. The van der Waals surface area contributed by atoms with Crippen LogP contribution in [0.1, 0.15) is 33.1 Å².